The third-order valence-electron chi connectivity index (χ3n) is 4.03. The van der Waals surface area contributed by atoms with Crippen molar-refractivity contribution in [2.45, 2.75) is 47.1 Å². The van der Waals surface area contributed by atoms with Crippen molar-refractivity contribution in [1.82, 2.24) is 4.90 Å². The number of hydrogen-bond acceptors (Lipinski definition) is 2. The zero-order valence-corrected chi connectivity index (χ0v) is 16.6. The molecule has 25 heavy (non-hydrogen) atoms. The first-order chi connectivity index (χ1) is 11.7. The van der Waals surface area contributed by atoms with Gasteiger partial charge in [0.15, 0.2) is 0 Å². The first-order valence-electron chi connectivity index (χ1n) is 8.84. The molecule has 0 saturated heterocycles. The maximum atomic E-state index is 5.91. The van der Waals surface area contributed by atoms with Gasteiger partial charge in [0.05, 0.1) is 12.0 Å². The highest BCUT2D eigenvalue weighted by molar-refractivity contribution is 5.73. The Hall–Kier alpha value is -2.29. The second-order valence-electron chi connectivity index (χ2n) is 7.51. The van der Waals surface area contributed by atoms with Gasteiger partial charge in [0, 0.05) is 13.6 Å². The largest absolute Gasteiger partial charge is 0.488 e. The van der Waals surface area contributed by atoms with Crippen LogP contribution in [-0.4, -0.2) is 30.4 Å². The van der Waals surface area contributed by atoms with Crippen LogP contribution in [-0.2, 0) is 0 Å². The van der Waals surface area contributed by atoms with Crippen LogP contribution in [0, 0.1) is 13.8 Å². The lowest BCUT2D eigenvalue weighted by molar-refractivity contribution is 0.131. The highest BCUT2D eigenvalue weighted by Crippen LogP contribution is 2.31. The standard InChI is InChI=1S/C22H30N2O/c1-8-24(7)15-23-21-14-16(2)20(13-17(21)3)18-9-11-19(12-10-18)25-22(4,5)6/h9-15H,8H2,1-7H3/b23-15+. The molecule has 0 amide bonds. The molecule has 2 aromatic carbocycles. The molecule has 0 unspecified atom stereocenters. The zero-order chi connectivity index (χ0) is 18.6. The highest BCUT2D eigenvalue weighted by Gasteiger charge is 2.12. The molecule has 0 N–H and O–H groups in total. The lowest BCUT2D eigenvalue weighted by Crippen LogP contribution is -2.22. The molecule has 0 atom stereocenters. The molecule has 0 spiro atoms. The Kier molecular flexibility index (Phi) is 5.89. The van der Waals surface area contributed by atoms with Gasteiger partial charge in [-0.3, -0.25) is 0 Å². The first kappa shape index (κ1) is 19.0. The van der Waals surface area contributed by atoms with E-state index < -0.39 is 0 Å². The molecular weight excluding hydrogens is 308 g/mol. The average Bonchev–Trinajstić information content (AvgIpc) is 2.54. The molecule has 0 heterocycles. The van der Waals surface area contributed by atoms with Crippen LogP contribution in [0.3, 0.4) is 0 Å². The topological polar surface area (TPSA) is 24.8 Å². The van der Waals surface area contributed by atoms with E-state index in [1.807, 2.05) is 25.5 Å². The van der Waals surface area contributed by atoms with Gasteiger partial charge in [0.1, 0.15) is 11.4 Å². The van der Waals surface area contributed by atoms with E-state index in [0.29, 0.717) is 0 Å². The Morgan fingerprint density at radius 2 is 1.68 bits per heavy atom. The van der Waals surface area contributed by atoms with E-state index >= 15 is 0 Å². The van der Waals surface area contributed by atoms with E-state index in [4.69, 9.17) is 4.74 Å². The van der Waals surface area contributed by atoms with Crippen molar-refractivity contribution in [2.75, 3.05) is 13.6 Å². The van der Waals surface area contributed by atoms with E-state index in [1.165, 1.54) is 22.3 Å². The SMILES string of the molecule is CCN(C)/C=N/c1cc(C)c(-c2ccc(OC(C)(C)C)cc2)cc1C. The van der Waals surface area contributed by atoms with Crippen LogP contribution in [0.2, 0.25) is 0 Å². The molecule has 0 aromatic heterocycles. The quantitative estimate of drug-likeness (QED) is 0.511. The Morgan fingerprint density at radius 3 is 2.24 bits per heavy atom. The van der Waals surface area contributed by atoms with Crippen LogP contribution in [0.15, 0.2) is 41.4 Å². The summed E-state index contributed by atoms with van der Waals surface area (Å²) in [4.78, 5) is 6.67. The smallest absolute Gasteiger partial charge is 0.120 e. The summed E-state index contributed by atoms with van der Waals surface area (Å²) in [6.07, 6.45) is 1.89. The summed E-state index contributed by atoms with van der Waals surface area (Å²) in [5, 5.41) is 0. The molecule has 0 aliphatic carbocycles. The maximum Gasteiger partial charge on any atom is 0.120 e. The molecule has 2 aromatic rings. The zero-order valence-electron chi connectivity index (χ0n) is 16.6. The monoisotopic (exact) mass is 338 g/mol. The first-order valence-corrected chi connectivity index (χ1v) is 8.84. The van der Waals surface area contributed by atoms with Gasteiger partial charge in [-0.2, -0.15) is 0 Å². The summed E-state index contributed by atoms with van der Waals surface area (Å²) in [6.45, 7) is 13.5. The molecule has 0 fully saturated rings. The number of rotatable bonds is 5. The van der Waals surface area contributed by atoms with Gasteiger partial charge in [-0.1, -0.05) is 12.1 Å². The molecule has 0 aliphatic rings. The van der Waals surface area contributed by atoms with E-state index in [-0.39, 0.29) is 5.60 Å². The van der Waals surface area contributed by atoms with Gasteiger partial charge in [0.25, 0.3) is 0 Å². The van der Waals surface area contributed by atoms with Crippen molar-refractivity contribution < 1.29 is 4.74 Å². The number of aliphatic imine (C=N–C) groups is 1. The second-order valence-corrected chi connectivity index (χ2v) is 7.51. The summed E-state index contributed by atoms with van der Waals surface area (Å²) < 4.78 is 5.91. The molecule has 0 saturated carbocycles. The lowest BCUT2D eigenvalue weighted by atomic mass is 9.97. The van der Waals surface area contributed by atoms with Crippen LogP contribution in [0.1, 0.15) is 38.8 Å². The van der Waals surface area contributed by atoms with Crippen LogP contribution >= 0.6 is 0 Å². The Labute approximate surface area is 152 Å². The summed E-state index contributed by atoms with van der Waals surface area (Å²) in [6, 6.07) is 12.7. The number of nitrogens with zero attached hydrogens (tertiary/aromatic N) is 2. The summed E-state index contributed by atoms with van der Waals surface area (Å²) >= 11 is 0. The number of hydrogen-bond donors (Lipinski definition) is 0. The molecule has 3 heteroatoms. The second kappa shape index (κ2) is 7.73. The van der Waals surface area contributed by atoms with Crippen molar-refractivity contribution in [2.24, 2.45) is 4.99 Å². The molecule has 3 nitrogen and oxygen atoms in total. The van der Waals surface area contributed by atoms with E-state index in [0.717, 1.165) is 18.0 Å². The van der Waals surface area contributed by atoms with Gasteiger partial charge in [-0.25, -0.2) is 4.99 Å². The minimum atomic E-state index is -0.181. The molecule has 0 bridgehead atoms. The molecule has 0 radical (unpaired) electrons. The summed E-state index contributed by atoms with van der Waals surface area (Å²) in [5.41, 5.74) is 5.68. The summed E-state index contributed by atoms with van der Waals surface area (Å²) in [7, 11) is 2.03. The number of aryl methyl sites for hydroxylation is 2. The fourth-order valence-electron chi connectivity index (χ4n) is 2.55. The molecule has 0 aliphatic heterocycles. The molecule has 134 valence electrons. The van der Waals surface area contributed by atoms with Crippen molar-refractivity contribution in [3.8, 4) is 16.9 Å². The van der Waals surface area contributed by atoms with Gasteiger partial charge in [-0.15, -0.1) is 0 Å². The van der Waals surface area contributed by atoms with Crippen molar-refractivity contribution >= 4 is 12.0 Å². The maximum absolute atomic E-state index is 5.91. The fourth-order valence-corrected chi connectivity index (χ4v) is 2.55. The van der Waals surface area contributed by atoms with Gasteiger partial charge in [-0.05, 0) is 88.1 Å². The Balaban J connectivity index is 2.28. The van der Waals surface area contributed by atoms with E-state index in [1.54, 1.807) is 0 Å². The summed E-state index contributed by atoms with van der Waals surface area (Å²) in [5.74, 6) is 0.898. The predicted molar refractivity (Wildman–Crippen MR) is 108 cm³/mol. The average molecular weight is 338 g/mol. The van der Waals surface area contributed by atoms with Crippen molar-refractivity contribution in [1.29, 1.82) is 0 Å². The van der Waals surface area contributed by atoms with Gasteiger partial charge >= 0.3 is 0 Å². The van der Waals surface area contributed by atoms with Crippen molar-refractivity contribution in [3.63, 3.8) is 0 Å². The lowest BCUT2D eigenvalue weighted by Gasteiger charge is -2.21. The normalized spacial score (nSPS) is 11.8. The van der Waals surface area contributed by atoms with Crippen molar-refractivity contribution in [3.05, 3.63) is 47.5 Å². The third-order valence-corrected chi connectivity index (χ3v) is 4.03. The van der Waals surface area contributed by atoms with Crippen LogP contribution in [0.25, 0.3) is 11.1 Å². The van der Waals surface area contributed by atoms with Crippen LogP contribution in [0.5, 0.6) is 5.75 Å². The van der Waals surface area contributed by atoms with E-state index in [2.05, 4.69) is 75.7 Å². The minimum Gasteiger partial charge on any atom is -0.488 e. The van der Waals surface area contributed by atoms with E-state index in [9.17, 15) is 0 Å². The number of benzene rings is 2. The Bertz CT molecular complexity index is 740. The van der Waals surface area contributed by atoms with Crippen LogP contribution in [0.4, 0.5) is 5.69 Å². The minimum absolute atomic E-state index is 0.181. The predicted octanol–water partition coefficient (Wildman–Crippen LogP) is 5.76. The number of ether oxygens (including phenoxy) is 1. The van der Waals surface area contributed by atoms with Crippen LogP contribution < -0.4 is 4.74 Å². The third kappa shape index (κ3) is 5.35. The molecule has 2 rings (SSSR count). The van der Waals surface area contributed by atoms with Gasteiger partial charge < -0.3 is 9.64 Å². The Morgan fingerprint density at radius 1 is 1.04 bits per heavy atom. The highest BCUT2D eigenvalue weighted by atomic mass is 16.5. The fraction of sp³-hybridized carbons (Fsp3) is 0.409. The van der Waals surface area contributed by atoms with Gasteiger partial charge in [0.2, 0.25) is 0 Å². The molecular formula is C22H30N2O.